The summed E-state index contributed by atoms with van der Waals surface area (Å²) in [5, 5.41) is 15.5. The highest BCUT2D eigenvalue weighted by Gasteiger charge is 2.14. The van der Waals surface area contributed by atoms with Crippen molar-refractivity contribution in [3.8, 4) is 0 Å². The van der Waals surface area contributed by atoms with Crippen LogP contribution in [-0.4, -0.2) is 45.1 Å². The first-order valence-electron chi connectivity index (χ1n) is 8.16. The molecule has 0 aliphatic rings. The molecule has 0 radical (unpaired) electrons. The van der Waals surface area contributed by atoms with Crippen molar-refractivity contribution in [3.05, 3.63) is 54.1 Å². The summed E-state index contributed by atoms with van der Waals surface area (Å²) in [5.74, 6) is 0.0123. The molecule has 0 aliphatic heterocycles. The Kier molecular flexibility index (Phi) is 3.92. The predicted octanol–water partition coefficient (Wildman–Crippen LogP) is 1.15. The van der Waals surface area contributed by atoms with Gasteiger partial charge in [0.15, 0.2) is 0 Å². The van der Waals surface area contributed by atoms with E-state index in [1.165, 1.54) is 4.52 Å². The molecule has 1 N–H and O–H groups in total. The molecule has 0 spiro atoms. The third-order valence-corrected chi connectivity index (χ3v) is 4.05. The Balaban J connectivity index is 1.47. The Morgan fingerprint density at radius 3 is 2.92 bits per heavy atom. The SMILES string of the molecule is CCn1ncc(Cn2cc(NC(=O)c3nc4ncccn4n3)cn2)c1C. The molecule has 1 amide bonds. The van der Waals surface area contributed by atoms with Crippen LogP contribution in [-0.2, 0) is 13.1 Å². The van der Waals surface area contributed by atoms with Crippen LogP contribution in [0.4, 0.5) is 5.69 Å². The minimum Gasteiger partial charge on any atom is -0.316 e. The number of nitrogens with one attached hydrogen (secondary N) is 1. The zero-order chi connectivity index (χ0) is 18.1. The molecule has 0 saturated carbocycles. The zero-order valence-electron chi connectivity index (χ0n) is 14.4. The van der Waals surface area contributed by atoms with Crippen LogP contribution < -0.4 is 5.32 Å². The fourth-order valence-electron chi connectivity index (χ4n) is 2.66. The number of hydrogen-bond acceptors (Lipinski definition) is 6. The van der Waals surface area contributed by atoms with Crippen molar-refractivity contribution in [1.29, 1.82) is 0 Å². The maximum Gasteiger partial charge on any atom is 0.295 e. The van der Waals surface area contributed by atoms with Crippen LogP contribution in [0.1, 0.15) is 28.8 Å². The number of aryl methyl sites for hydroxylation is 1. The highest BCUT2D eigenvalue weighted by atomic mass is 16.2. The van der Waals surface area contributed by atoms with Crippen LogP contribution in [0.15, 0.2) is 37.1 Å². The Morgan fingerprint density at radius 1 is 1.27 bits per heavy atom. The van der Waals surface area contributed by atoms with Gasteiger partial charge in [0.25, 0.3) is 11.7 Å². The van der Waals surface area contributed by atoms with Gasteiger partial charge in [0, 0.05) is 36.4 Å². The number of anilines is 1. The maximum atomic E-state index is 12.3. The lowest BCUT2D eigenvalue weighted by molar-refractivity contribution is 0.101. The first-order chi connectivity index (χ1) is 12.6. The quantitative estimate of drug-likeness (QED) is 0.578. The van der Waals surface area contributed by atoms with Crippen LogP contribution in [0.25, 0.3) is 5.78 Å². The topological polar surface area (TPSA) is 108 Å². The number of amides is 1. The first kappa shape index (κ1) is 15.9. The molecule has 10 heteroatoms. The molecule has 0 fully saturated rings. The molecule has 4 heterocycles. The zero-order valence-corrected chi connectivity index (χ0v) is 14.4. The number of rotatable bonds is 5. The molecule has 0 aliphatic carbocycles. The summed E-state index contributed by atoms with van der Waals surface area (Å²) in [4.78, 5) is 20.5. The van der Waals surface area contributed by atoms with Gasteiger partial charge >= 0.3 is 0 Å². The van der Waals surface area contributed by atoms with Gasteiger partial charge in [-0.25, -0.2) is 9.50 Å². The standard InChI is InChI=1S/C16H17N9O/c1-3-24-11(2)12(7-19-24)9-23-10-13(8-18-23)20-15(26)14-21-16-17-5-4-6-25(16)22-14/h4-8,10H,3,9H2,1-2H3,(H,20,26). The second kappa shape index (κ2) is 6.39. The Hall–Kier alpha value is -3.56. The van der Waals surface area contributed by atoms with Gasteiger partial charge in [-0.3, -0.25) is 14.2 Å². The van der Waals surface area contributed by atoms with E-state index in [9.17, 15) is 4.79 Å². The molecular weight excluding hydrogens is 334 g/mol. The summed E-state index contributed by atoms with van der Waals surface area (Å²) in [6.07, 6.45) is 8.47. The lowest BCUT2D eigenvalue weighted by atomic mass is 10.2. The molecule has 0 unspecified atom stereocenters. The molecule has 0 aromatic carbocycles. The van der Waals surface area contributed by atoms with Gasteiger partial charge in [-0.1, -0.05) is 0 Å². The normalized spacial score (nSPS) is 11.2. The van der Waals surface area contributed by atoms with Crippen molar-refractivity contribution in [1.82, 2.24) is 39.1 Å². The van der Waals surface area contributed by atoms with Gasteiger partial charge in [-0.2, -0.15) is 15.2 Å². The van der Waals surface area contributed by atoms with Crippen LogP contribution in [0.3, 0.4) is 0 Å². The smallest absolute Gasteiger partial charge is 0.295 e. The lowest BCUT2D eigenvalue weighted by Gasteiger charge is -2.02. The van der Waals surface area contributed by atoms with Crippen molar-refractivity contribution in [3.63, 3.8) is 0 Å². The van der Waals surface area contributed by atoms with Crippen molar-refractivity contribution in [2.75, 3.05) is 5.32 Å². The number of fused-ring (bicyclic) bond motifs is 1. The van der Waals surface area contributed by atoms with E-state index < -0.39 is 5.91 Å². The molecule has 4 rings (SSSR count). The molecule has 4 aromatic heterocycles. The van der Waals surface area contributed by atoms with Crippen LogP contribution in [0.5, 0.6) is 0 Å². The monoisotopic (exact) mass is 351 g/mol. The van der Waals surface area contributed by atoms with Gasteiger partial charge in [-0.05, 0) is 19.9 Å². The molecule has 0 bridgehead atoms. The molecule has 0 saturated heterocycles. The molecule has 10 nitrogen and oxygen atoms in total. The molecule has 4 aromatic rings. The van der Waals surface area contributed by atoms with E-state index in [0.29, 0.717) is 18.0 Å². The fourth-order valence-corrected chi connectivity index (χ4v) is 2.66. The van der Waals surface area contributed by atoms with Gasteiger partial charge < -0.3 is 5.32 Å². The summed E-state index contributed by atoms with van der Waals surface area (Å²) in [6, 6.07) is 1.72. The number of aromatic nitrogens is 8. The van der Waals surface area contributed by atoms with Gasteiger partial charge in [0.1, 0.15) is 0 Å². The van der Waals surface area contributed by atoms with Crippen LogP contribution in [0.2, 0.25) is 0 Å². The number of nitrogens with zero attached hydrogens (tertiary/aromatic N) is 8. The molecular formula is C16H17N9O. The fraction of sp³-hybridized carbons (Fsp3) is 0.250. The van der Waals surface area contributed by atoms with E-state index in [1.54, 1.807) is 35.5 Å². The Morgan fingerprint density at radius 2 is 2.15 bits per heavy atom. The van der Waals surface area contributed by atoms with E-state index in [0.717, 1.165) is 17.8 Å². The highest BCUT2D eigenvalue weighted by Crippen LogP contribution is 2.12. The Labute approximate surface area is 148 Å². The van der Waals surface area contributed by atoms with E-state index in [1.807, 2.05) is 24.7 Å². The minimum atomic E-state index is -0.412. The highest BCUT2D eigenvalue weighted by molar-refractivity contribution is 6.01. The number of carbonyl (C=O) groups excluding carboxylic acids is 1. The van der Waals surface area contributed by atoms with E-state index >= 15 is 0 Å². The van der Waals surface area contributed by atoms with Gasteiger partial charge in [0.2, 0.25) is 5.82 Å². The summed E-state index contributed by atoms with van der Waals surface area (Å²) >= 11 is 0. The summed E-state index contributed by atoms with van der Waals surface area (Å²) in [7, 11) is 0. The Bertz CT molecular complexity index is 1040. The summed E-state index contributed by atoms with van der Waals surface area (Å²) in [6.45, 7) is 5.49. The largest absolute Gasteiger partial charge is 0.316 e. The minimum absolute atomic E-state index is 0.0523. The van der Waals surface area contributed by atoms with Crippen LogP contribution >= 0.6 is 0 Å². The van der Waals surface area contributed by atoms with Gasteiger partial charge in [-0.15, -0.1) is 5.10 Å². The maximum absolute atomic E-state index is 12.3. The first-order valence-corrected chi connectivity index (χ1v) is 8.16. The summed E-state index contributed by atoms with van der Waals surface area (Å²) in [5.41, 5.74) is 2.76. The second-order valence-electron chi connectivity index (χ2n) is 5.75. The predicted molar refractivity (Wildman–Crippen MR) is 92.7 cm³/mol. The summed E-state index contributed by atoms with van der Waals surface area (Å²) < 4.78 is 5.13. The number of carbonyl (C=O) groups is 1. The second-order valence-corrected chi connectivity index (χ2v) is 5.75. The van der Waals surface area contributed by atoms with E-state index in [2.05, 4.69) is 30.6 Å². The molecule has 26 heavy (non-hydrogen) atoms. The van der Waals surface area contributed by atoms with E-state index in [4.69, 9.17) is 0 Å². The van der Waals surface area contributed by atoms with Crippen molar-refractivity contribution >= 4 is 17.4 Å². The molecule has 0 atom stereocenters. The van der Waals surface area contributed by atoms with Crippen molar-refractivity contribution in [2.24, 2.45) is 0 Å². The van der Waals surface area contributed by atoms with Crippen LogP contribution in [0, 0.1) is 6.92 Å². The van der Waals surface area contributed by atoms with E-state index in [-0.39, 0.29) is 5.82 Å². The van der Waals surface area contributed by atoms with Gasteiger partial charge in [0.05, 0.1) is 24.6 Å². The third kappa shape index (κ3) is 2.92. The average Bonchev–Trinajstić information content (AvgIpc) is 3.34. The third-order valence-electron chi connectivity index (χ3n) is 4.05. The van der Waals surface area contributed by atoms with Crippen molar-refractivity contribution < 1.29 is 4.79 Å². The average molecular weight is 351 g/mol. The van der Waals surface area contributed by atoms with Crippen molar-refractivity contribution in [2.45, 2.75) is 26.9 Å². The molecule has 132 valence electrons. The number of hydrogen-bond donors (Lipinski definition) is 1. The lowest BCUT2D eigenvalue weighted by Crippen LogP contribution is -2.13.